The average Bonchev–Trinajstić information content (AvgIpc) is 2.95. The SMILES string of the molecule is C[C@@H]1C(=O)N(C(=O)C2[C@@H](C)[C@H]2C)[C@H]2CCN(S(=O)(=O)N(C)CC(O)CO)[C@H]12. The number of nitrogens with zero attached hydrogens (tertiary/aromatic N) is 3. The summed E-state index contributed by atoms with van der Waals surface area (Å²) in [6, 6.07) is -1.03. The van der Waals surface area contributed by atoms with E-state index in [4.69, 9.17) is 5.11 Å². The molecule has 0 aromatic rings. The maximum Gasteiger partial charge on any atom is 0.282 e. The molecule has 0 spiro atoms. The maximum atomic E-state index is 13.0. The summed E-state index contributed by atoms with van der Waals surface area (Å²) in [5, 5.41) is 18.5. The first-order valence-electron chi connectivity index (χ1n) is 9.43. The molecule has 0 aromatic heterocycles. The molecule has 1 aliphatic carbocycles. The molecule has 2 aliphatic heterocycles. The highest BCUT2D eigenvalue weighted by molar-refractivity contribution is 7.86. The van der Waals surface area contributed by atoms with Crippen molar-refractivity contribution in [3.63, 3.8) is 0 Å². The predicted molar refractivity (Wildman–Crippen MR) is 96.4 cm³/mol. The molecule has 3 fully saturated rings. The molecule has 2 amide bonds. The minimum atomic E-state index is -3.92. The van der Waals surface area contributed by atoms with Crippen LogP contribution in [0, 0.1) is 23.7 Å². The van der Waals surface area contributed by atoms with Crippen molar-refractivity contribution in [1.29, 1.82) is 0 Å². The van der Waals surface area contributed by atoms with Crippen molar-refractivity contribution in [2.24, 2.45) is 23.7 Å². The van der Waals surface area contributed by atoms with Gasteiger partial charge in [0.05, 0.1) is 30.7 Å². The van der Waals surface area contributed by atoms with Crippen LogP contribution in [-0.2, 0) is 19.8 Å². The summed E-state index contributed by atoms with van der Waals surface area (Å²) in [7, 11) is -2.59. The van der Waals surface area contributed by atoms with Gasteiger partial charge in [0, 0.05) is 26.1 Å². The van der Waals surface area contributed by atoms with E-state index in [0.717, 1.165) is 4.31 Å². The Balaban J connectivity index is 1.81. The van der Waals surface area contributed by atoms with E-state index >= 15 is 0 Å². The monoisotopic (exact) mass is 403 g/mol. The number of hydrogen-bond donors (Lipinski definition) is 2. The van der Waals surface area contributed by atoms with Crippen LogP contribution in [0.15, 0.2) is 0 Å². The van der Waals surface area contributed by atoms with E-state index in [1.54, 1.807) is 6.92 Å². The molecule has 3 aliphatic rings. The Morgan fingerprint density at radius 2 is 1.89 bits per heavy atom. The summed E-state index contributed by atoms with van der Waals surface area (Å²) in [5.41, 5.74) is 0. The number of carbonyl (C=O) groups excluding carboxylic acids is 2. The van der Waals surface area contributed by atoms with Gasteiger partial charge in [0.15, 0.2) is 0 Å². The van der Waals surface area contributed by atoms with E-state index in [2.05, 4.69) is 0 Å². The van der Waals surface area contributed by atoms with Crippen molar-refractivity contribution in [3.8, 4) is 0 Å². The third kappa shape index (κ3) is 3.21. The molecule has 2 N–H and O–H groups in total. The van der Waals surface area contributed by atoms with Gasteiger partial charge in [0.1, 0.15) is 0 Å². The van der Waals surface area contributed by atoms with Gasteiger partial charge in [-0.15, -0.1) is 0 Å². The number of aliphatic hydroxyl groups is 2. The number of fused-ring (bicyclic) bond motifs is 1. The van der Waals surface area contributed by atoms with E-state index in [-0.39, 0.29) is 42.7 Å². The van der Waals surface area contributed by atoms with E-state index in [0.29, 0.717) is 6.42 Å². The van der Waals surface area contributed by atoms with E-state index < -0.39 is 40.9 Å². The fourth-order valence-electron chi connectivity index (χ4n) is 4.61. The van der Waals surface area contributed by atoms with Crippen LogP contribution in [0.1, 0.15) is 27.2 Å². The first-order valence-corrected chi connectivity index (χ1v) is 10.8. The van der Waals surface area contributed by atoms with Gasteiger partial charge in [-0.3, -0.25) is 14.5 Å². The maximum absolute atomic E-state index is 13.0. The van der Waals surface area contributed by atoms with Crippen LogP contribution in [0.3, 0.4) is 0 Å². The Morgan fingerprint density at radius 3 is 2.41 bits per heavy atom. The summed E-state index contributed by atoms with van der Waals surface area (Å²) >= 11 is 0. The molecule has 0 aromatic carbocycles. The van der Waals surface area contributed by atoms with E-state index in [9.17, 15) is 23.1 Å². The Kier molecular flexibility index (Phi) is 5.41. The zero-order valence-corrected chi connectivity index (χ0v) is 17.0. The normalized spacial score (nSPS) is 37.7. The fourth-order valence-corrected chi connectivity index (χ4v) is 6.29. The number of likely N-dealkylation sites (tertiary alicyclic amines) is 1. The second kappa shape index (κ2) is 7.07. The second-order valence-corrected chi connectivity index (χ2v) is 10.1. The molecule has 7 atom stereocenters. The lowest BCUT2D eigenvalue weighted by Crippen LogP contribution is -2.49. The summed E-state index contributed by atoms with van der Waals surface area (Å²) in [5.74, 6) is -0.759. The lowest BCUT2D eigenvalue weighted by atomic mass is 10.0. The molecule has 10 heteroatoms. The number of hydrogen-bond acceptors (Lipinski definition) is 6. The highest BCUT2D eigenvalue weighted by Crippen LogP contribution is 2.49. The van der Waals surface area contributed by atoms with Crippen LogP contribution in [-0.4, -0.2) is 88.9 Å². The largest absolute Gasteiger partial charge is 0.394 e. The molecule has 9 nitrogen and oxygen atoms in total. The van der Waals surface area contributed by atoms with Gasteiger partial charge >= 0.3 is 0 Å². The van der Waals surface area contributed by atoms with Gasteiger partial charge in [0.2, 0.25) is 11.8 Å². The summed E-state index contributed by atoms with van der Waals surface area (Å²) in [6.45, 7) is 5.08. The predicted octanol–water partition coefficient (Wildman–Crippen LogP) is -1.13. The fraction of sp³-hybridized carbons (Fsp3) is 0.882. The van der Waals surface area contributed by atoms with Crippen LogP contribution in [0.25, 0.3) is 0 Å². The third-order valence-electron chi connectivity index (χ3n) is 6.56. The Bertz CT molecular complexity index is 720. The minimum Gasteiger partial charge on any atom is -0.394 e. The number of imide groups is 1. The first-order chi connectivity index (χ1) is 12.5. The molecular weight excluding hydrogens is 374 g/mol. The molecule has 27 heavy (non-hydrogen) atoms. The number of amides is 2. The van der Waals surface area contributed by atoms with Crippen molar-refractivity contribution >= 4 is 22.0 Å². The van der Waals surface area contributed by atoms with Gasteiger partial charge in [-0.25, -0.2) is 0 Å². The van der Waals surface area contributed by atoms with Crippen molar-refractivity contribution in [3.05, 3.63) is 0 Å². The minimum absolute atomic E-state index is 0.159. The zero-order chi connectivity index (χ0) is 20.3. The topological polar surface area (TPSA) is 118 Å². The molecular formula is C17H29N3O6S. The van der Waals surface area contributed by atoms with Gasteiger partial charge in [-0.1, -0.05) is 20.8 Å². The summed E-state index contributed by atoms with van der Waals surface area (Å²) in [4.78, 5) is 27.0. The van der Waals surface area contributed by atoms with Crippen molar-refractivity contribution in [2.45, 2.75) is 45.4 Å². The van der Waals surface area contributed by atoms with Gasteiger partial charge in [-0.2, -0.15) is 17.0 Å². The van der Waals surface area contributed by atoms with Gasteiger partial charge in [0.25, 0.3) is 10.2 Å². The van der Waals surface area contributed by atoms with Crippen molar-refractivity contribution in [2.75, 3.05) is 26.7 Å². The number of carbonyl (C=O) groups is 2. The molecule has 0 bridgehead atoms. The highest BCUT2D eigenvalue weighted by Gasteiger charge is 2.60. The third-order valence-corrected chi connectivity index (χ3v) is 8.51. The van der Waals surface area contributed by atoms with Gasteiger partial charge < -0.3 is 10.2 Å². The lowest BCUT2D eigenvalue weighted by Gasteiger charge is -2.30. The summed E-state index contributed by atoms with van der Waals surface area (Å²) < 4.78 is 28.2. The average molecular weight is 404 g/mol. The Hall–Kier alpha value is -1.07. The lowest BCUT2D eigenvalue weighted by molar-refractivity contribution is -0.146. The van der Waals surface area contributed by atoms with E-state index in [1.807, 2.05) is 13.8 Å². The molecule has 2 heterocycles. The van der Waals surface area contributed by atoms with Crippen LogP contribution in [0.4, 0.5) is 0 Å². The summed E-state index contributed by atoms with van der Waals surface area (Å²) in [6.07, 6.45) is -0.765. The number of rotatable bonds is 6. The van der Waals surface area contributed by atoms with Gasteiger partial charge in [-0.05, 0) is 18.3 Å². The van der Waals surface area contributed by atoms with Crippen LogP contribution in [0.5, 0.6) is 0 Å². The first kappa shape index (κ1) is 20.7. The Labute approximate surface area is 160 Å². The molecule has 2 unspecified atom stereocenters. The molecule has 3 rings (SSSR count). The molecule has 154 valence electrons. The molecule has 0 radical (unpaired) electrons. The molecule has 1 saturated carbocycles. The quantitative estimate of drug-likeness (QED) is 0.542. The van der Waals surface area contributed by atoms with Crippen molar-refractivity contribution in [1.82, 2.24) is 13.5 Å². The van der Waals surface area contributed by atoms with E-state index in [1.165, 1.54) is 16.3 Å². The van der Waals surface area contributed by atoms with Crippen LogP contribution in [0.2, 0.25) is 0 Å². The Morgan fingerprint density at radius 1 is 1.30 bits per heavy atom. The number of aliphatic hydroxyl groups excluding tert-OH is 2. The zero-order valence-electron chi connectivity index (χ0n) is 16.1. The highest BCUT2D eigenvalue weighted by atomic mass is 32.2. The van der Waals surface area contributed by atoms with Crippen LogP contribution >= 0.6 is 0 Å². The second-order valence-electron chi connectivity index (χ2n) is 8.16. The standard InChI is InChI=1S/C17H29N3O6S/c1-9-10(2)14(9)17(24)20-13-5-6-19(15(13)11(3)16(20)23)27(25,26)18(4)7-12(22)8-21/h9-15,21-22H,5-8H2,1-4H3/t9-,10+,11-,12?,13-,14?,15+/m0/s1. The molecule has 2 saturated heterocycles. The van der Waals surface area contributed by atoms with Crippen molar-refractivity contribution < 1.29 is 28.2 Å². The van der Waals surface area contributed by atoms with Crippen LogP contribution < -0.4 is 0 Å². The number of likely N-dealkylation sites (N-methyl/N-ethyl adjacent to an activating group) is 1. The smallest absolute Gasteiger partial charge is 0.282 e.